The standard InChI is InChI=1S/C42H77NO4/c1-5-7-9-11-13-15-17-19-21-23-25-27-29-31-33-35-37-44-42(46-40-41(47-42)39-43(3)4)45-38-36-34-32-30-28-26-24-22-20-18-16-14-12-10-8-6-2/h13-16,19-22,41H,5-12,17-18,23-40H2,1-4H3/b15-13-,16-14-,21-19-,22-20-. The molecule has 1 rings (SSSR count). The predicted molar refractivity (Wildman–Crippen MR) is 203 cm³/mol. The fourth-order valence-corrected chi connectivity index (χ4v) is 5.73. The number of ether oxygens (including phenoxy) is 4. The quantitative estimate of drug-likeness (QED) is 0.0390. The van der Waals surface area contributed by atoms with Crippen LogP contribution in [-0.2, 0) is 18.9 Å². The molecule has 0 aliphatic carbocycles. The lowest BCUT2D eigenvalue weighted by atomic mass is 10.1. The summed E-state index contributed by atoms with van der Waals surface area (Å²) in [4.78, 5) is 2.12. The van der Waals surface area contributed by atoms with Crippen LogP contribution in [0.15, 0.2) is 48.6 Å². The monoisotopic (exact) mass is 660 g/mol. The topological polar surface area (TPSA) is 40.2 Å². The van der Waals surface area contributed by atoms with Crippen LogP contribution in [0.25, 0.3) is 0 Å². The van der Waals surface area contributed by atoms with Gasteiger partial charge in [-0.2, -0.15) is 0 Å². The van der Waals surface area contributed by atoms with Crippen LogP contribution in [0.5, 0.6) is 0 Å². The molecule has 0 N–H and O–H groups in total. The van der Waals surface area contributed by atoms with Gasteiger partial charge in [-0.05, 0) is 91.1 Å². The van der Waals surface area contributed by atoms with Gasteiger partial charge in [-0.1, -0.05) is 140 Å². The lowest BCUT2D eigenvalue weighted by Crippen LogP contribution is -2.39. The molecule has 5 nitrogen and oxygen atoms in total. The minimum absolute atomic E-state index is 0.0308. The Labute approximate surface area is 292 Å². The Morgan fingerprint density at radius 1 is 0.532 bits per heavy atom. The first-order valence-electron chi connectivity index (χ1n) is 20.0. The third-order valence-electron chi connectivity index (χ3n) is 8.57. The van der Waals surface area contributed by atoms with Crippen LogP contribution in [0.1, 0.15) is 168 Å². The molecule has 0 aromatic rings. The Bertz CT molecular complexity index is 725. The number of unbranched alkanes of at least 4 members (excludes halogenated alkanes) is 18. The van der Waals surface area contributed by atoms with E-state index >= 15 is 0 Å². The summed E-state index contributed by atoms with van der Waals surface area (Å²) in [5.41, 5.74) is 0. The van der Waals surface area contributed by atoms with Crippen LogP contribution >= 0.6 is 0 Å². The third kappa shape index (κ3) is 28.3. The average molecular weight is 660 g/mol. The van der Waals surface area contributed by atoms with Crippen molar-refractivity contribution in [2.24, 2.45) is 0 Å². The molecular weight excluding hydrogens is 582 g/mol. The fraction of sp³-hybridized carbons (Fsp3) is 0.810. The fourth-order valence-electron chi connectivity index (χ4n) is 5.73. The number of hydrogen-bond acceptors (Lipinski definition) is 5. The molecule has 47 heavy (non-hydrogen) atoms. The number of rotatable bonds is 34. The summed E-state index contributed by atoms with van der Waals surface area (Å²) in [6.07, 6.45) is 46.9. The smallest absolute Gasteiger partial charge is 0.307 e. The van der Waals surface area contributed by atoms with E-state index in [1.807, 2.05) is 0 Å². The Hall–Kier alpha value is -1.24. The molecule has 0 aromatic heterocycles. The van der Waals surface area contributed by atoms with E-state index in [4.69, 9.17) is 18.9 Å². The molecular formula is C42H77NO4. The zero-order valence-corrected chi connectivity index (χ0v) is 31.6. The summed E-state index contributed by atoms with van der Waals surface area (Å²) in [7, 11) is 4.11. The highest BCUT2D eigenvalue weighted by Crippen LogP contribution is 2.28. The molecule has 1 aliphatic rings. The van der Waals surface area contributed by atoms with E-state index in [1.165, 1.54) is 128 Å². The lowest BCUT2D eigenvalue weighted by Gasteiger charge is -2.27. The van der Waals surface area contributed by atoms with E-state index in [-0.39, 0.29) is 6.10 Å². The first-order chi connectivity index (χ1) is 23.1. The van der Waals surface area contributed by atoms with Crippen LogP contribution in [0, 0.1) is 0 Å². The molecule has 0 radical (unpaired) electrons. The zero-order chi connectivity index (χ0) is 33.9. The van der Waals surface area contributed by atoms with E-state index in [2.05, 4.69) is 81.5 Å². The summed E-state index contributed by atoms with van der Waals surface area (Å²) < 4.78 is 24.5. The minimum atomic E-state index is -1.32. The van der Waals surface area contributed by atoms with Gasteiger partial charge in [0, 0.05) is 6.54 Å². The van der Waals surface area contributed by atoms with E-state index in [0.717, 1.165) is 32.2 Å². The molecule has 0 spiro atoms. The minimum Gasteiger partial charge on any atom is -0.307 e. The highest BCUT2D eigenvalue weighted by Gasteiger charge is 2.45. The molecule has 1 heterocycles. The van der Waals surface area contributed by atoms with Gasteiger partial charge in [0.15, 0.2) is 0 Å². The second-order valence-corrected chi connectivity index (χ2v) is 13.7. The molecule has 0 aromatic carbocycles. The summed E-state index contributed by atoms with van der Waals surface area (Å²) in [6.45, 7) is 7.03. The van der Waals surface area contributed by atoms with E-state index in [1.54, 1.807) is 0 Å². The van der Waals surface area contributed by atoms with E-state index in [9.17, 15) is 0 Å². The van der Waals surface area contributed by atoms with Crippen molar-refractivity contribution in [3.8, 4) is 0 Å². The molecule has 1 saturated heterocycles. The maximum absolute atomic E-state index is 6.19. The van der Waals surface area contributed by atoms with Crippen molar-refractivity contribution in [3.05, 3.63) is 48.6 Å². The van der Waals surface area contributed by atoms with Gasteiger partial charge in [0.25, 0.3) is 0 Å². The first kappa shape index (κ1) is 43.8. The summed E-state index contributed by atoms with van der Waals surface area (Å²) in [5.74, 6) is 0. The normalized spacial score (nSPS) is 16.8. The molecule has 1 atom stereocenters. The number of allylic oxidation sites excluding steroid dienone is 8. The summed E-state index contributed by atoms with van der Waals surface area (Å²) >= 11 is 0. The maximum atomic E-state index is 6.19. The van der Waals surface area contributed by atoms with Gasteiger partial charge in [0.05, 0.1) is 19.8 Å². The maximum Gasteiger partial charge on any atom is 0.413 e. The second-order valence-electron chi connectivity index (χ2n) is 13.7. The molecule has 0 bridgehead atoms. The van der Waals surface area contributed by atoms with Crippen molar-refractivity contribution in [1.29, 1.82) is 0 Å². The van der Waals surface area contributed by atoms with E-state index in [0.29, 0.717) is 19.8 Å². The molecule has 1 unspecified atom stereocenters. The molecule has 5 heteroatoms. The van der Waals surface area contributed by atoms with Crippen molar-refractivity contribution >= 4 is 0 Å². The number of hydrogen-bond donors (Lipinski definition) is 0. The molecule has 1 fully saturated rings. The van der Waals surface area contributed by atoms with Crippen molar-refractivity contribution in [1.82, 2.24) is 4.90 Å². The largest absolute Gasteiger partial charge is 0.413 e. The predicted octanol–water partition coefficient (Wildman–Crippen LogP) is 12.2. The van der Waals surface area contributed by atoms with Crippen LogP contribution in [-0.4, -0.2) is 57.6 Å². The molecule has 1 aliphatic heterocycles. The van der Waals surface area contributed by atoms with Crippen LogP contribution in [0.4, 0.5) is 0 Å². The van der Waals surface area contributed by atoms with Gasteiger partial charge in [-0.25, -0.2) is 0 Å². The lowest BCUT2D eigenvalue weighted by molar-refractivity contribution is -0.467. The zero-order valence-electron chi connectivity index (χ0n) is 31.6. The summed E-state index contributed by atoms with van der Waals surface area (Å²) in [5, 5.41) is 0. The first-order valence-corrected chi connectivity index (χ1v) is 20.0. The van der Waals surface area contributed by atoms with Crippen LogP contribution in [0.3, 0.4) is 0 Å². The van der Waals surface area contributed by atoms with Gasteiger partial charge < -0.3 is 19.1 Å². The van der Waals surface area contributed by atoms with Gasteiger partial charge in [-0.3, -0.25) is 4.74 Å². The van der Waals surface area contributed by atoms with Crippen LogP contribution < -0.4 is 0 Å². The highest BCUT2D eigenvalue weighted by atomic mass is 17.0. The highest BCUT2D eigenvalue weighted by molar-refractivity contribution is 4.93. The van der Waals surface area contributed by atoms with Gasteiger partial charge >= 0.3 is 6.16 Å². The van der Waals surface area contributed by atoms with Crippen LogP contribution in [0.2, 0.25) is 0 Å². The van der Waals surface area contributed by atoms with E-state index < -0.39 is 6.16 Å². The van der Waals surface area contributed by atoms with Crippen molar-refractivity contribution in [3.63, 3.8) is 0 Å². The third-order valence-corrected chi connectivity index (χ3v) is 8.57. The Kier molecular flexibility index (Phi) is 31.0. The molecule has 0 amide bonds. The Balaban J connectivity index is 2.10. The van der Waals surface area contributed by atoms with Gasteiger partial charge in [0.1, 0.15) is 6.10 Å². The molecule has 274 valence electrons. The van der Waals surface area contributed by atoms with Crippen molar-refractivity contribution < 1.29 is 18.9 Å². The SMILES string of the molecule is CCCCC/C=C\C/C=C\CCCCCCCCOC1(OCCCCCCCC/C=C\C/C=C\CCCCC)OCC(CN(C)C)O1. The number of nitrogens with zero attached hydrogens (tertiary/aromatic N) is 1. The summed E-state index contributed by atoms with van der Waals surface area (Å²) in [6, 6.07) is 0. The number of likely N-dealkylation sites (N-methyl/N-ethyl adjacent to an activating group) is 1. The van der Waals surface area contributed by atoms with Gasteiger partial charge in [-0.15, -0.1) is 0 Å². The van der Waals surface area contributed by atoms with Crippen molar-refractivity contribution in [2.75, 3.05) is 40.5 Å². The Morgan fingerprint density at radius 3 is 1.32 bits per heavy atom. The van der Waals surface area contributed by atoms with Gasteiger partial charge in [0.2, 0.25) is 0 Å². The second kappa shape index (κ2) is 33.3. The van der Waals surface area contributed by atoms with Crippen molar-refractivity contribution in [2.45, 2.75) is 180 Å². The average Bonchev–Trinajstić information content (AvgIpc) is 3.45. The molecule has 0 saturated carbocycles. The Morgan fingerprint density at radius 2 is 0.915 bits per heavy atom.